The summed E-state index contributed by atoms with van der Waals surface area (Å²) in [5.74, 6) is 0. The van der Waals surface area contributed by atoms with E-state index in [1.807, 2.05) is 25.1 Å². The van der Waals surface area contributed by atoms with E-state index < -0.39 is 6.03 Å². The van der Waals surface area contributed by atoms with E-state index in [9.17, 15) is 4.79 Å². The van der Waals surface area contributed by atoms with Crippen molar-refractivity contribution in [3.63, 3.8) is 0 Å². The van der Waals surface area contributed by atoms with Crippen molar-refractivity contribution in [1.82, 2.24) is 0 Å². The Balaban J connectivity index is 0.000000364. The molecule has 0 aliphatic rings. The number of urea groups is 1. The van der Waals surface area contributed by atoms with E-state index in [4.69, 9.17) is 4.79 Å². The average Bonchev–Trinajstić information content (AvgIpc) is 2.03. The highest BCUT2D eigenvalue weighted by molar-refractivity contribution is 5.69. The molecule has 0 atom stereocenters. The van der Waals surface area contributed by atoms with Gasteiger partial charge in [-0.05, 0) is 24.6 Å². The van der Waals surface area contributed by atoms with Crippen molar-refractivity contribution in [3.8, 4) is 0 Å². The molecule has 74 valence electrons. The predicted octanol–water partition coefficient (Wildman–Crippen LogP) is 0.986. The maximum atomic E-state index is 9.79. The minimum Gasteiger partial charge on any atom is -0.352 e. The maximum absolute atomic E-state index is 9.79. The summed E-state index contributed by atoms with van der Waals surface area (Å²) in [5.41, 5.74) is 10.3. The van der Waals surface area contributed by atoms with E-state index in [2.05, 4.69) is 16.5 Å². The third-order valence-electron chi connectivity index (χ3n) is 1.18. The number of aryl methyl sites for hydroxylation is 1. The second-order valence-electron chi connectivity index (χ2n) is 2.44. The summed E-state index contributed by atoms with van der Waals surface area (Å²) >= 11 is 0. The molecule has 2 amide bonds. The number of amides is 2. The van der Waals surface area contributed by atoms with Crippen LogP contribution in [0, 0.1) is 6.92 Å². The van der Waals surface area contributed by atoms with Crippen LogP contribution in [-0.2, 0) is 4.79 Å². The quantitative estimate of drug-likeness (QED) is 0.513. The summed E-state index contributed by atoms with van der Waals surface area (Å²) in [4.78, 5) is 22.3. The van der Waals surface area contributed by atoms with Crippen molar-refractivity contribution < 1.29 is 9.59 Å². The molecule has 0 spiro atoms. The molecule has 0 saturated heterocycles. The van der Waals surface area contributed by atoms with Crippen molar-refractivity contribution in [1.29, 1.82) is 0 Å². The van der Waals surface area contributed by atoms with Gasteiger partial charge >= 0.3 is 6.03 Å². The SMILES string of the molecule is Cc1cccc(N=C=O)c1.NC(N)=O. The molecule has 0 heterocycles. The van der Waals surface area contributed by atoms with Crippen LogP contribution in [-0.4, -0.2) is 12.1 Å². The van der Waals surface area contributed by atoms with Gasteiger partial charge < -0.3 is 11.5 Å². The van der Waals surface area contributed by atoms with Crippen LogP contribution in [0.1, 0.15) is 5.56 Å². The first-order chi connectivity index (χ1) is 6.56. The first-order valence-electron chi connectivity index (χ1n) is 3.75. The molecule has 0 bridgehead atoms. The third kappa shape index (κ3) is 6.57. The molecule has 5 nitrogen and oxygen atoms in total. The van der Waals surface area contributed by atoms with Crippen LogP contribution in [0.15, 0.2) is 29.3 Å². The molecule has 0 aliphatic carbocycles. The van der Waals surface area contributed by atoms with Crippen molar-refractivity contribution in [2.24, 2.45) is 16.5 Å². The summed E-state index contributed by atoms with van der Waals surface area (Å²) in [7, 11) is 0. The van der Waals surface area contributed by atoms with Gasteiger partial charge in [0, 0.05) is 0 Å². The highest BCUT2D eigenvalue weighted by atomic mass is 16.2. The summed E-state index contributed by atoms with van der Waals surface area (Å²) < 4.78 is 0. The number of rotatable bonds is 1. The Morgan fingerprint density at radius 2 is 2.00 bits per heavy atom. The van der Waals surface area contributed by atoms with Gasteiger partial charge in [0.15, 0.2) is 0 Å². The van der Waals surface area contributed by atoms with Gasteiger partial charge in [-0.3, -0.25) is 0 Å². The molecule has 0 aliphatic heterocycles. The summed E-state index contributed by atoms with van der Waals surface area (Å²) in [6.45, 7) is 1.95. The fourth-order valence-corrected chi connectivity index (χ4v) is 0.750. The highest BCUT2D eigenvalue weighted by Crippen LogP contribution is 2.11. The molecule has 1 aromatic carbocycles. The van der Waals surface area contributed by atoms with Crippen LogP contribution in [0.2, 0.25) is 0 Å². The number of aliphatic imine (C=N–C) groups is 1. The summed E-state index contributed by atoms with van der Waals surface area (Å²) in [6.07, 6.45) is 1.49. The average molecular weight is 193 g/mol. The van der Waals surface area contributed by atoms with Gasteiger partial charge in [0.25, 0.3) is 0 Å². The minimum atomic E-state index is -0.833. The van der Waals surface area contributed by atoms with Crippen molar-refractivity contribution >= 4 is 17.8 Å². The van der Waals surface area contributed by atoms with Crippen LogP contribution in [0.4, 0.5) is 10.5 Å². The lowest BCUT2D eigenvalue weighted by atomic mass is 10.2. The molecule has 0 unspecified atom stereocenters. The molecule has 1 aromatic rings. The number of carbonyl (C=O) groups excluding carboxylic acids is 2. The molecule has 0 saturated carbocycles. The molecule has 14 heavy (non-hydrogen) atoms. The van der Waals surface area contributed by atoms with Crippen LogP contribution >= 0.6 is 0 Å². The van der Waals surface area contributed by atoms with E-state index in [1.54, 1.807) is 6.07 Å². The van der Waals surface area contributed by atoms with E-state index in [0.717, 1.165) is 5.56 Å². The van der Waals surface area contributed by atoms with Crippen LogP contribution < -0.4 is 11.5 Å². The van der Waals surface area contributed by atoms with Gasteiger partial charge in [0.05, 0.1) is 5.69 Å². The first-order valence-corrected chi connectivity index (χ1v) is 3.75. The Kier molecular flexibility index (Phi) is 5.42. The number of hydrogen-bond donors (Lipinski definition) is 2. The number of nitrogens with zero attached hydrogens (tertiary/aromatic N) is 1. The highest BCUT2D eigenvalue weighted by Gasteiger charge is 1.86. The Hall–Kier alpha value is -2.13. The monoisotopic (exact) mass is 193 g/mol. The molecule has 1 rings (SSSR count). The Morgan fingerprint density at radius 3 is 2.43 bits per heavy atom. The van der Waals surface area contributed by atoms with Gasteiger partial charge in [-0.25, -0.2) is 9.59 Å². The maximum Gasteiger partial charge on any atom is 0.309 e. The standard InChI is InChI=1S/C8H7NO.CH4N2O/c1-7-3-2-4-8(5-7)9-6-10;2-1(3)4/h2-5H,1H3;(H4,2,3,4). The predicted molar refractivity (Wildman–Crippen MR) is 52.7 cm³/mol. The van der Waals surface area contributed by atoms with Crippen LogP contribution in [0.3, 0.4) is 0 Å². The number of benzene rings is 1. The number of isocyanates is 1. The normalized spacial score (nSPS) is 7.79. The fourth-order valence-electron chi connectivity index (χ4n) is 0.750. The van der Waals surface area contributed by atoms with Gasteiger partial charge in [-0.15, -0.1) is 0 Å². The fraction of sp³-hybridized carbons (Fsp3) is 0.111. The Morgan fingerprint density at radius 1 is 1.43 bits per heavy atom. The molecule has 0 fully saturated rings. The summed E-state index contributed by atoms with van der Waals surface area (Å²) in [5, 5.41) is 0. The first kappa shape index (κ1) is 11.9. The van der Waals surface area contributed by atoms with Gasteiger partial charge in [-0.2, -0.15) is 4.99 Å². The molecule has 0 radical (unpaired) electrons. The minimum absolute atomic E-state index is 0.662. The van der Waals surface area contributed by atoms with Crippen LogP contribution in [0.5, 0.6) is 0 Å². The second kappa shape index (κ2) is 6.39. The third-order valence-corrected chi connectivity index (χ3v) is 1.18. The lowest BCUT2D eigenvalue weighted by Crippen LogP contribution is -2.18. The summed E-state index contributed by atoms with van der Waals surface area (Å²) in [6, 6.07) is 6.55. The van der Waals surface area contributed by atoms with Crippen molar-refractivity contribution in [2.75, 3.05) is 0 Å². The molecule has 0 aromatic heterocycles. The molecular formula is C9H11N3O2. The topological polar surface area (TPSA) is 98.5 Å². The zero-order chi connectivity index (χ0) is 11.0. The lowest BCUT2D eigenvalue weighted by molar-refractivity contribution is 0.256. The van der Waals surface area contributed by atoms with E-state index in [-0.39, 0.29) is 0 Å². The lowest BCUT2D eigenvalue weighted by Gasteiger charge is -1.90. The number of carbonyl (C=O) groups is 1. The molecule has 4 N–H and O–H groups in total. The largest absolute Gasteiger partial charge is 0.352 e. The zero-order valence-corrected chi connectivity index (χ0v) is 7.73. The van der Waals surface area contributed by atoms with E-state index >= 15 is 0 Å². The van der Waals surface area contributed by atoms with Crippen LogP contribution in [0.25, 0.3) is 0 Å². The van der Waals surface area contributed by atoms with E-state index in [0.29, 0.717) is 5.69 Å². The molecular weight excluding hydrogens is 182 g/mol. The second-order valence-corrected chi connectivity index (χ2v) is 2.44. The molecule has 5 heteroatoms. The zero-order valence-electron chi connectivity index (χ0n) is 7.73. The van der Waals surface area contributed by atoms with Crippen molar-refractivity contribution in [3.05, 3.63) is 29.8 Å². The van der Waals surface area contributed by atoms with Gasteiger partial charge in [0.2, 0.25) is 6.08 Å². The number of hydrogen-bond acceptors (Lipinski definition) is 3. The van der Waals surface area contributed by atoms with Gasteiger partial charge in [0.1, 0.15) is 0 Å². The van der Waals surface area contributed by atoms with E-state index in [1.165, 1.54) is 6.08 Å². The Bertz CT molecular complexity index is 353. The number of primary amides is 2. The van der Waals surface area contributed by atoms with Crippen molar-refractivity contribution in [2.45, 2.75) is 6.92 Å². The smallest absolute Gasteiger partial charge is 0.309 e. The Labute approximate surface area is 81.4 Å². The number of nitrogens with two attached hydrogens (primary N) is 2. The van der Waals surface area contributed by atoms with Gasteiger partial charge in [-0.1, -0.05) is 12.1 Å².